The van der Waals surface area contributed by atoms with Crippen LogP contribution in [0.25, 0.3) is 0 Å². The summed E-state index contributed by atoms with van der Waals surface area (Å²) in [5.74, 6) is 0.956. The second-order valence-corrected chi connectivity index (χ2v) is 6.21. The van der Waals surface area contributed by atoms with E-state index in [4.69, 9.17) is 4.55 Å². The zero-order chi connectivity index (χ0) is 11.0. The van der Waals surface area contributed by atoms with Crippen molar-refractivity contribution in [2.75, 3.05) is 0 Å². The van der Waals surface area contributed by atoms with Gasteiger partial charge in [0.2, 0.25) is 0 Å². The fourth-order valence-electron chi connectivity index (χ4n) is 2.02. The molecule has 0 aromatic carbocycles. The third-order valence-corrected chi connectivity index (χ3v) is 4.60. The summed E-state index contributed by atoms with van der Waals surface area (Å²) < 4.78 is 30.6. The van der Waals surface area contributed by atoms with Gasteiger partial charge in [-0.15, -0.1) is 0 Å². The van der Waals surface area contributed by atoms with Crippen molar-refractivity contribution in [1.82, 2.24) is 0 Å². The van der Waals surface area contributed by atoms with Gasteiger partial charge in [-0.25, -0.2) is 0 Å². The largest absolute Gasteiger partial charge is 0.372 e. The standard InChI is InChI=1S/C9H18O4S/c1-7(2)8-3-5-9(10,6-4-8)14(11,12)13/h7-8,10H,3-6H2,1-2H3,(H,11,12,13). The highest BCUT2D eigenvalue weighted by Gasteiger charge is 2.44. The van der Waals surface area contributed by atoms with Crippen molar-refractivity contribution in [3.05, 3.63) is 0 Å². The Kier molecular flexibility index (Phi) is 3.23. The van der Waals surface area contributed by atoms with E-state index in [2.05, 4.69) is 13.8 Å². The van der Waals surface area contributed by atoms with E-state index in [-0.39, 0.29) is 12.8 Å². The molecule has 0 amide bonds. The van der Waals surface area contributed by atoms with E-state index >= 15 is 0 Å². The minimum atomic E-state index is -4.32. The van der Waals surface area contributed by atoms with Crippen LogP contribution in [-0.4, -0.2) is 23.0 Å². The lowest BCUT2D eigenvalue weighted by Crippen LogP contribution is -2.42. The van der Waals surface area contributed by atoms with Gasteiger partial charge in [0.05, 0.1) is 0 Å². The van der Waals surface area contributed by atoms with Crippen molar-refractivity contribution >= 4 is 10.1 Å². The third-order valence-electron chi connectivity index (χ3n) is 3.23. The van der Waals surface area contributed by atoms with Crippen molar-refractivity contribution in [2.24, 2.45) is 11.8 Å². The molecule has 0 radical (unpaired) electrons. The lowest BCUT2D eigenvalue weighted by molar-refractivity contribution is 0.0483. The summed E-state index contributed by atoms with van der Waals surface area (Å²) in [6.07, 6.45) is 1.62. The molecule has 0 heterocycles. The molecule has 14 heavy (non-hydrogen) atoms. The Morgan fingerprint density at radius 1 is 1.29 bits per heavy atom. The van der Waals surface area contributed by atoms with Crippen molar-refractivity contribution in [1.29, 1.82) is 0 Å². The molecule has 1 rings (SSSR count). The molecule has 0 aromatic rings. The molecule has 0 atom stereocenters. The van der Waals surface area contributed by atoms with Crippen LogP contribution in [0.5, 0.6) is 0 Å². The molecule has 0 aliphatic heterocycles. The number of hydrogen-bond acceptors (Lipinski definition) is 3. The molecule has 0 aromatic heterocycles. The van der Waals surface area contributed by atoms with E-state index in [1.165, 1.54) is 0 Å². The van der Waals surface area contributed by atoms with Crippen molar-refractivity contribution in [3.8, 4) is 0 Å². The molecule has 0 saturated heterocycles. The van der Waals surface area contributed by atoms with Crippen LogP contribution in [0, 0.1) is 11.8 Å². The Bertz CT molecular complexity index is 286. The Morgan fingerprint density at radius 3 is 2.00 bits per heavy atom. The lowest BCUT2D eigenvalue weighted by atomic mass is 9.80. The molecular formula is C9H18O4S. The van der Waals surface area contributed by atoms with Crippen LogP contribution in [0.2, 0.25) is 0 Å². The van der Waals surface area contributed by atoms with E-state index in [1.807, 2.05) is 0 Å². The van der Waals surface area contributed by atoms with Gasteiger partial charge in [0.25, 0.3) is 10.1 Å². The summed E-state index contributed by atoms with van der Waals surface area (Å²) in [5, 5.41) is 9.67. The van der Waals surface area contributed by atoms with Crippen LogP contribution in [0.4, 0.5) is 0 Å². The van der Waals surface area contributed by atoms with Gasteiger partial charge < -0.3 is 5.11 Å². The second-order valence-electron chi connectivity index (χ2n) is 4.50. The smallest absolute Gasteiger partial charge is 0.294 e. The van der Waals surface area contributed by atoms with E-state index < -0.39 is 15.1 Å². The predicted molar refractivity (Wildman–Crippen MR) is 53.3 cm³/mol. The minimum absolute atomic E-state index is 0.147. The summed E-state index contributed by atoms with van der Waals surface area (Å²) in [6.45, 7) is 4.17. The molecule has 84 valence electrons. The monoisotopic (exact) mass is 222 g/mol. The Labute approximate surface area is 85.1 Å². The maximum Gasteiger partial charge on any atom is 0.294 e. The van der Waals surface area contributed by atoms with Gasteiger partial charge in [0.1, 0.15) is 0 Å². The first kappa shape index (κ1) is 11.9. The normalized spacial score (nSPS) is 34.8. The Hall–Kier alpha value is -0.130. The van der Waals surface area contributed by atoms with Crippen LogP contribution in [-0.2, 0) is 10.1 Å². The van der Waals surface area contributed by atoms with E-state index in [0.717, 1.165) is 0 Å². The van der Waals surface area contributed by atoms with Gasteiger partial charge >= 0.3 is 0 Å². The molecule has 0 bridgehead atoms. The number of hydrogen-bond donors (Lipinski definition) is 2. The first-order valence-electron chi connectivity index (χ1n) is 4.96. The van der Waals surface area contributed by atoms with Gasteiger partial charge in [-0.3, -0.25) is 4.55 Å². The maximum absolute atomic E-state index is 10.9. The molecule has 1 aliphatic rings. The highest BCUT2D eigenvalue weighted by Crippen LogP contribution is 2.38. The fraction of sp³-hybridized carbons (Fsp3) is 1.00. The quantitative estimate of drug-likeness (QED) is 0.693. The van der Waals surface area contributed by atoms with E-state index in [0.29, 0.717) is 24.7 Å². The van der Waals surface area contributed by atoms with E-state index in [9.17, 15) is 13.5 Å². The summed E-state index contributed by atoms with van der Waals surface area (Å²) in [5.41, 5.74) is 0. The topological polar surface area (TPSA) is 74.6 Å². The van der Waals surface area contributed by atoms with Crippen LogP contribution < -0.4 is 0 Å². The van der Waals surface area contributed by atoms with Crippen molar-refractivity contribution in [2.45, 2.75) is 44.5 Å². The zero-order valence-corrected chi connectivity index (χ0v) is 9.42. The number of rotatable bonds is 2. The van der Waals surface area contributed by atoms with Crippen molar-refractivity contribution < 1.29 is 18.1 Å². The maximum atomic E-state index is 10.9. The van der Waals surface area contributed by atoms with Gasteiger partial charge in [-0.05, 0) is 37.5 Å². The molecule has 1 fully saturated rings. The third kappa shape index (κ3) is 2.27. The lowest BCUT2D eigenvalue weighted by Gasteiger charge is -2.34. The van der Waals surface area contributed by atoms with Gasteiger partial charge in [-0.2, -0.15) is 8.42 Å². The van der Waals surface area contributed by atoms with Gasteiger partial charge in [0, 0.05) is 0 Å². The van der Waals surface area contributed by atoms with Crippen LogP contribution in [0.3, 0.4) is 0 Å². The summed E-state index contributed by atoms with van der Waals surface area (Å²) in [4.78, 5) is -1.89. The first-order chi connectivity index (χ1) is 6.26. The average Bonchev–Trinajstić information content (AvgIpc) is 2.03. The first-order valence-corrected chi connectivity index (χ1v) is 6.40. The molecule has 0 spiro atoms. The van der Waals surface area contributed by atoms with Gasteiger partial charge in [0.15, 0.2) is 4.93 Å². The summed E-state index contributed by atoms with van der Waals surface area (Å²) in [6, 6.07) is 0. The molecule has 4 nitrogen and oxygen atoms in total. The van der Waals surface area contributed by atoms with E-state index in [1.54, 1.807) is 0 Å². The Balaban J connectivity index is 2.67. The molecule has 0 unspecified atom stereocenters. The van der Waals surface area contributed by atoms with Crippen molar-refractivity contribution in [3.63, 3.8) is 0 Å². The number of aliphatic hydroxyl groups is 1. The van der Waals surface area contributed by atoms with Crippen LogP contribution in [0.15, 0.2) is 0 Å². The highest BCUT2D eigenvalue weighted by molar-refractivity contribution is 7.87. The van der Waals surface area contributed by atoms with Crippen LogP contribution in [0.1, 0.15) is 39.5 Å². The zero-order valence-electron chi connectivity index (χ0n) is 8.60. The average molecular weight is 222 g/mol. The second kappa shape index (κ2) is 3.79. The molecule has 1 aliphatic carbocycles. The van der Waals surface area contributed by atoms with Gasteiger partial charge in [-0.1, -0.05) is 13.8 Å². The molecular weight excluding hydrogens is 204 g/mol. The summed E-state index contributed by atoms with van der Waals surface area (Å²) >= 11 is 0. The molecule has 5 heteroatoms. The highest BCUT2D eigenvalue weighted by atomic mass is 32.2. The molecule has 2 N–H and O–H groups in total. The minimum Gasteiger partial charge on any atom is -0.372 e. The summed E-state index contributed by atoms with van der Waals surface area (Å²) in [7, 11) is -4.32. The SMILES string of the molecule is CC(C)C1CCC(O)(S(=O)(=O)O)CC1. The fourth-order valence-corrected chi connectivity index (χ4v) is 2.77. The van der Waals surface area contributed by atoms with Crippen LogP contribution >= 0.6 is 0 Å². The predicted octanol–water partition coefficient (Wildman–Crippen LogP) is 1.41. The molecule has 1 saturated carbocycles. The Morgan fingerprint density at radius 2 is 1.71 bits per heavy atom.